The van der Waals surface area contributed by atoms with Crippen molar-refractivity contribution < 1.29 is 14.5 Å². The van der Waals surface area contributed by atoms with Gasteiger partial charge >= 0.3 is 0 Å². The van der Waals surface area contributed by atoms with Crippen LogP contribution in [0.1, 0.15) is 26.3 Å². The molecule has 0 N–H and O–H groups in total. The van der Waals surface area contributed by atoms with Crippen LogP contribution in [0.3, 0.4) is 0 Å². The summed E-state index contributed by atoms with van der Waals surface area (Å²) < 4.78 is 0. The molecule has 1 aliphatic rings. The van der Waals surface area contributed by atoms with Crippen LogP contribution in [0.4, 0.5) is 11.5 Å². The fraction of sp³-hybridized carbons (Fsp3) is 0.174. The number of benzene rings is 2. The molecular weight excluding hydrogens is 396 g/mol. The minimum atomic E-state index is -0.485. The van der Waals surface area contributed by atoms with Crippen LogP contribution in [-0.2, 0) is 0 Å². The van der Waals surface area contributed by atoms with Gasteiger partial charge in [0.1, 0.15) is 12.0 Å². The summed E-state index contributed by atoms with van der Waals surface area (Å²) in [6.45, 7) is 2.02. The third-order valence-electron chi connectivity index (χ3n) is 5.27. The first-order chi connectivity index (χ1) is 15.0. The van der Waals surface area contributed by atoms with Gasteiger partial charge in [0.25, 0.3) is 11.6 Å². The number of amides is 1. The SMILES string of the molecule is O=C(c1ccccc1)c1ccccc1C(=O)N1CCN(c2ccc([N+](=O)[O-])cn2)CC1. The third kappa shape index (κ3) is 4.28. The number of nitro groups is 1. The van der Waals surface area contributed by atoms with Gasteiger partial charge in [-0.2, -0.15) is 0 Å². The number of carbonyl (C=O) groups is 2. The molecule has 0 atom stereocenters. The average Bonchev–Trinajstić information content (AvgIpc) is 2.84. The summed E-state index contributed by atoms with van der Waals surface area (Å²) in [4.78, 5) is 44.3. The molecule has 1 amide bonds. The molecule has 0 saturated carbocycles. The minimum absolute atomic E-state index is 0.0581. The monoisotopic (exact) mass is 416 g/mol. The molecule has 0 spiro atoms. The topological polar surface area (TPSA) is 96.7 Å². The Labute approximate surface area is 178 Å². The van der Waals surface area contributed by atoms with Gasteiger partial charge in [-0.25, -0.2) is 4.98 Å². The predicted octanol–water partition coefficient (Wildman–Crippen LogP) is 3.18. The van der Waals surface area contributed by atoms with Crippen molar-refractivity contribution in [2.24, 2.45) is 0 Å². The van der Waals surface area contributed by atoms with Gasteiger partial charge in [-0.3, -0.25) is 19.7 Å². The molecule has 1 aliphatic heterocycles. The van der Waals surface area contributed by atoms with Crippen LogP contribution >= 0.6 is 0 Å². The lowest BCUT2D eigenvalue weighted by atomic mass is 9.97. The second-order valence-electron chi connectivity index (χ2n) is 7.15. The molecule has 2 aromatic carbocycles. The molecule has 3 aromatic rings. The number of anilines is 1. The van der Waals surface area contributed by atoms with Gasteiger partial charge in [0.05, 0.1) is 10.5 Å². The highest BCUT2D eigenvalue weighted by Crippen LogP contribution is 2.20. The first kappa shape index (κ1) is 20.2. The Kier molecular flexibility index (Phi) is 5.70. The molecule has 4 rings (SSSR count). The summed E-state index contributed by atoms with van der Waals surface area (Å²) in [5, 5.41) is 10.8. The molecule has 0 bridgehead atoms. The van der Waals surface area contributed by atoms with E-state index in [1.807, 2.05) is 11.0 Å². The Morgan fingerprint density at radius 3 is 2.10 bits per heavy atom. The van der Waals surface area contributed by atoms with E-state index in [1.54, 1.807) is 59.5 Å². The van der Waals surface area contributed by atoms with Crippen LogP contribution in [0.25, 0.3) is 0 Å². The Morgan fingerprint density at radius 1 is 0.839 bits per heavy atom. The number of hydrogen-bond donors (Lipinski definition) is 0. The zero-order valence-electron chi connectivity index (χ0n) is 16.7. The lowest BCUT2D eigenvalue weighted by Crippen LogP contribution is -2.49. The van der Waals surface area contributed by atoms with Gasteiger partial charge in [-0.15, -0.1) is 0 Å². The summed E-state index contributed by atoms with van der Waals surface area (Å²) >= 11 is 0. The zero-order valence-corrected chi connectivity index (χ0v) is 16.7. The standard InChI is InChI=1S/C23H20N4O4/c28-22(17-6-2-1-3-7-17)19-8-4-5-9-20(19)23(29)26-14-12-25(13-15-26)21-11-10-18(16-24-21)27(30)31/h1-11,16H,12-15H2. The van der Waals surface area contributed by atoms with E-state index >= 15 is 0 Å². The van der Waals surface area contributed by atoms with Crippen molar-refractivity contribution in [3.8, 4) is 0 Å². The number of nitrogens with zero attached hydrogens (tertiary/aromatic N) is 4. The van der Waals surface area contributed by atoms with Crippen molar-refractivity contribution in [2.45, 2.75) is 0 Å². The second-order valence-corrected chi connectivity index (χ2v) is 7.15. The van der Waals surface area contributed by atoms with E-state index in [9.17, 15) is 19.7 Å². The summed E-state index contributed by atoms with van der Waals surface area (Å²) in [6.07, 6.45) is 1.23. The first-order valence-corrected chi connectivity index (χ1v) is 9.88. The molecule has 156 valence electrons. The normalized spacial score (nSPS) is 13.7. The zero-order chi connectivity index (χ0) is 21.8. The van der Waals surface area contributed by atoms with E-state index < -0.39 is 4.92 Å². The van der Waals surface area contributed by atoms with Crippen molar-refractivity contribution in [2.75, 3.05) is 31.1 Å². The van der Waals surface area contributed by atoms with Crippen LogP contribution in [0.2, 0.25) is 0 Å². The van der Waals surface area contributed by atoms with E-state index in [4.69, 9.17) is 0 Å². The quantitative estimate of drug-likeness (QED) is 0.360. The molecule has 2 heterocycles. The fourth-order valence-corrected chi connectivity index (χ4v) is 3.59. The van der Waals surface area contributed by atoms with Crippen molar-refractivity contribution in [3.05, 3.63) is 99.7 Å². The van der Waals surface area contributed by atoms with Gasteiger partial charge in [0, 0.05) is 43.4 Å². The summed E-state index contributed by atoms with van der Waals surface area (Å²) in [5.74, 6) is 0.270. The van der Waals surface area contributed by atoms with Crippen molar-refractivity contribution in [3.63, 3.8) is 0 Å². The fourth-order valence-electron chi connectivity index (χ4n) is 3.59. The maximum absolute atomic E-state index is 13.2. The molecule has 8 nitrogen and oxygen atoms in total. The molecule has 1 aromatic heterocycles. The maximum atomic E-state index is 13.2. The van der Waals surface area contributed by atoms with E-state index in [2.05, 4.69) is 4.98 Å². The highest BCUT2D eigenvalue weighted by molar-refractivity contribution is 6.15. The lowest BCUT2D eigenvalue weighted by molar-refractivity contribution is -0.385. The Morgan fingerprint density at radius 2 is 1.48 bits per heavy atom. The number of hydrogen-bond acceptors (Lipinski definition) is 6. The number of piperazine rings is 1. The second kappa shape index (κ2) is 8.74. The molecule has 0 aliphatic carbocycles. The highest BCUT2D eigenvalue weighted by Gasteiger charge is 2.26. The van der Waals surface area contributed by atoms with Crippen LogP contribution < -0.4 is 4.90 Å². The van der Waals surface area contributed by atoms with E-state index in [0.29, 0.717) is 48.7 Å². The number of pyridine rings is 1. The van der Waals surface area contributed by atoms with Gasteiger partial charge in [-0.05, 0) is 12.1 Å². The Hall–Kier alpha value is -4.07. The molecule has 0 unspecified atom stereocenters. The Balaban J connectivity index is 1.47. The molecule has 1 fully saturated rings. The Bertz CT molecular complexity index is 1110. The highest BCUT2D eigenvalue weighted by atomic mass is 16.6. The van der Waals surface area contributed by atoms with Crippen molar-refractivity contribution in [1.29, 1.82) is 0 Å². The summed E-state index contributed by atoms with van der Waals surface area (Å²) in [5.41, 5.74) is 1.26. The minimum Gasteiger partial charge on any atom is -0.353 e. The average molecular weight is 416 g/mol. The summed E-state index contributed by atoms with van der Waals surface area (Å²) in [7, 11) is 0. The van der Waals surface area contributed by atoms with Crippen LogP contribution in [0.15, 0.2) is 72.9 Å². The third-order valence-corrected chi connectivity index (χ3v) is 5.27. The maximum Gasteiger partial charge on any atom is 0.287 e. The molecular formula is C23H20N4O4. The van der Waals surface area contributed by atoms with Gasteiger partial charge < -0.3 is 9.80 Å². The molecule has 31 heavy (non-hydrogen) atoms. The van der Waals surface area contributed by atoms with E-state index in [0.717, 1.165) is 0 Å². The summed E-state index contributed by atoms with van der Waals surface area (Å²) in [6, 6.07) is 18.8. The first-order valence-electron chi connectivity index (χ1n) is 9.88. The van der Waals surface area contributed by atoms with Gasteiger partial charge in [0.2, 0.25) is 0 Å². The lowest BCUT2D eigenvalue weighted by Gasteiger charge is -2.35. The number of carbonyl (C=O) groups excluding carboxylic acids is 2. The van der Waals surface area contributed by atoms with Crippen LogP contribution in [0.5, 0.6) is 0 Å². The molecule has 1 saturated heterocycles. The molecule has 8 heteroatoms. The van der Waals surface area contributed by atoms with Crippen LogP contribution in [-0.4, -0.2) is 52.7 Å². The number of rotatable bonds is 5. The van der Waals surface area contributed by atoms with Crippen LogP contribution in [0, 0.1) is 10.1 Å². The largest absolute Gasteiger partial charge is 0.353 e. The van der Waals surface area contributed by atoms with Crippen molar-refractivity contribution in [1.82, 2.24) is 9.88 Å². The van der Waals surface area contributed by atoms with Gasteiger partial charge in [0.15, 0.2) is 5.78 Å². The van der Waals surface area contributed by atoms with Gasteiger partial charge in [-0.1, -0.05) is 48.5 Å². The van der Waals surface area contributed by atoms with Crippen molar-refractivity contribution >= 4 is 23.2 Å². The van der Waals surface area contributed by atoms with E-state index in [1.165, 1.54) is 12.3 Å². The molecule has 0 radical (unpaired) electrons. The number of ketones is 1. The smallest absolute Gasteiger partial charge is 0.287 e. The number of aromatic nitrogens is 1. The van der Waals surface area contributed by atoms with E-state index in [-0.39, 0.29) is 17.4 Å². The predicted molar refractivity (Wildman–Crippen MR) is 115 cm³/mol.